The van der Waals surface area contributed by atoms with Crippen LogP contribution in [0, 0.1) is 34.1 Å². The quantitative estimate of drug-likeness (QED) is 0.0157. The molecule has 79 heavy (non-hydrogen) atoms. The van der Waals surface area contributed by atoms with E-state index in [-0.39, 0.29) is 51.7 Å². The van der Waals surface area contributed by atoms with E-state index in [4.69, 9.17) is 18.5 Å². The number of phosphoric ester groups is 1. The number of nitro benzene ring substituents is 2. The zero-order valence-electron chi connectivity index (χ0n) is 48.7. The van der Waals surface area contributed by atoms with Crippen molar-refractivity contribution in [2.45, 2.75) is 189 Å². The molecule has 4 rings (SSSR count). The average molecular weight is 1140 g/mol. The standard InChI is InChI=1S/C49H74BF2N6O13P.C6H15N/c1-4-5-6-7-8-9-10-11-12-13-14-15-18-24-48(60)68-36-43(71-49(61)25-20-19-22-40-26-27-41-34-45-38(2)33-39(3)55(45)50(51,52)56(40)41)37-70-72(66,67)69-32-31-54-47(59)23-17-16-21-30-53-44-29-28-42(57(62)63)35-46(44)58(64)65;1-4-7(5-2)6-3/h26-29,33-35,43,53H,4-25,30-32,36-37H2,1-3H3,(H,54,59)(H,66,67);4-6H2,1-3H3. The number of halogens is 2. The molecule has 1 aromatic carbocycles. The van der Waals surface area contributed by atoms with Crippen LogP contribution in [0.1, 0.15) is 187 Å². The zero-order chi connectivity index (χ0) is 58.2. The van der Waals surface area contributed by atoms with Crippen molar-refractivity contribution in [3.8, 4) is 0 Å². The number of aromatic nitrogens is 1. The lowest BCUT2D eigenvalue weighted by Crippen LogP contribution is -2.50. The van der Waals surface area contributed by atoms with Gasteiger partial charge in [0.05, 0.1) is 29.1 Å². The van der Waals surface area contributed by atoms with Crippen LogP contribution in [0.3, 0.4) is 0 Å². The van der Waals surface area contributed by atoms with Crippen LogP contribution in [0.15, 0.2) is 42.1 Å². The molecule has 1 aromatic heterocycles. The highest BCUT2D eigenvalue weighted by atomic mass is 31.2. The first kappa shape index (κ1) is 67.9. The number of ether oxygens (including phenoxy) is 2. The fourth-order valence-electron chi connectivity index (χ4n) is 9.44. The molecule has 1 amide bonds. The molecule has 24 heteroatoms. The largest absolute Gasteiger partial charge is 1.00 e. The summed E-state index contributed by atoms with van der Waals surface area (Å²) in [6, 6.07) is 5.03. The Kier molecular flexibility index (Phi) is 31.7. The number of nitrogens with one attached hydrogen (secondary N) is 2. The molecule has 2 unspecified atom stereocenters. The molecule has 2 N–H and O–H groups in total. The van der Waals surface area contributed by atoms with Gasteiger partial charge < -0.3 is 56.5 Å². The minimum atomic E-state index is -5.00. The minimum Gasteiger partial charge on any atom is -0.756 e. The maximum atomic E-state index is 15.9. The Hall–Kier alpha value is -5.35. The van der Waals surface area contributed by atoms with E-state index in [0.717, 1.165) is 52.3 Å². The number of fused-ring (bicyclic) bond motifs is 2. The van der Waals surface area contributed by atoms with Crippen molar-refractivity contribution in [1.82, 2.24) is 14.7 Å². The number of non-ortho nitro benzene ring substituents is 1. The number of hydrogen-bond donors (Lipinski definition) is 2. The van der Waals surface area contributed by atoms with Crippen LogP contribution in [0.25, 0.3) is 6.08 Å². The van der Waals surface area contributed by atoms with Gasteiger partial charge in [0.1, 0.15) is 18.0 Å². The van der Waals surface area contributed by atoms with Gasteiger partial charge in [-0.1, -0.05) is 111 Å². The van der Waals surface area contributed by atoms with Gasteiger partial charge in [-0.3, -0.25) is 39.2 Å². The fourth-order valence-corrected chi connectivity index (χ4v) is 10.2. The molecule has 2 aromatic rings. The van der Waals surface area contributed by atoms with Crippen molar-refractivity contribution < 1.29 is 66.8 Å². The second kappa shape index (κ2) is 36.8. The molecular formula is C55H89BF2N7O13P. The lowest BCUT2D eigenvalue weighted by Gasteiger charge is -2.30. The third-order valence-corrected chi connectivity index (χ3v) is 14.9. The molecule has 0 radical (unpaired) electrons. The first-order valence-corrected chi connectivity index (χ1v) is 30.1. The van der Waals surface area contributed by atoms with Gasteiger partial charge >= 0.3 is 20.3 Å². The van der Waals surface area contributed by atoms with Crippen molar-refractivity contribution >= 4 is 61.5 Å². The number of aryl methyl sites for hydroxylation is 2. The Morgan fingerprint density at radius 3 is 1.96 bits per heavy atom. The van der Waals surface area contributed by atoms with E-state index in [1.165, 1.54) is 77.1 Å². The summed E-state index contributed by atoms with van der Waals surface area (Å²) in [5, 5.41) is 27.7. The second-order valence-corrected chi connectivity index (χ2v) is 21.5. The summed E-state index contributed by atoms with van der Waals surface area (Å²) in [5.74, 6) is -1.64. The van der Waals surface area contributed by atoms with E-state index in [1.807, 2.05) is 0 Å². The number of nitro groups is 2. The Balaban J connectivity index is 0.00000255. The first-order chi connectivity index (χ1) is 37.8. The van der Waals surface area contributed by atoms with Gasteiger partial charge in [-0.05, 0) is 89.0 Å². The van der Waals surface area contributed by atoms with Crippen molar-refractivity contribution in [2.24, 2.45) is 0 Å². The summed E-state index contributed by atoms with van der Waals surface area (Å²) < 4.78 is 67.3. The first-order valence-electron chi connectivity index (χ1n) is 28.6. The van der Waals surface area contributed by atoms with Gasteiger partial charge in [-0.15, -0.1) is 0 Å². The van der Waals surface area contributed by atoms with Crippen molar-refractivity contribution in [3.05, 3.63) is 79.3 Å². The van der Waals surface area contributed by atoms with Crippen LogP contribution in [-0.2, 0) is 37.5 Å². The monoisotopic (exact) mass is 1140 g/mol. The van der Waals surface area contributed by atoms with Crippen molar-refractivity contribution in [2.75, 3.05) is 57.9 Å². The number of allylic oxidation sites excluding steroid dienone is 2. The number of esters is 2. The van der Waals surface area contributed by atoms with Crippen LogP contribution in [0.4, 0.5) is 25.7 Å². The maximum Gasteiger partial charge on any atom is 1.00 e. The van der Waals surface area contributed by atoms with Gasteiger partial charge in [0.2, 0.25) is 5.91 Å². The highest BCUT2D eigenvalue weighted by Crippen LogP contribution is 2.38. The Morgan fingerprint density at radius 2 is 1.35 bits per heavy atom. The number of amides is 1. The van der Waals surface area contributed by atoms with E-state index in [0.29, 0.717) is 61.4 Å². The van der Waals surface area contributed by atoms with Crippen LogP contribution < -0.4 is 15.5 Å². The Morgan fingerprint density at radius 1 is 0.759 bits per heavy atom. The predicted octanol–water partition coefficient (Wildman–Crippen LogP) is 11.8. The van der Waals surface area contributed by atoms with Gasteiger partial charge in [-0.2, -0.15) is 0 Å². The number of anilines is 1. The number of rotatable bonds is 41. The molecule has 0 spiro atoms. The van der Waals surface area contributed by atoms with Gasteiger partial charge in [0.25, 0.3) is 19.2 Å². The molecular weight excluding hydrogens is 1050 g/mol. The lowest BCUT2D eigenvalue weighted by molar-refractivity contribution is -0.393. The van der Waals surface area contributed by atoms with Crippen LogP contribution in [-0.4, -0.2) is 113 Å². The molecule has 2 aliphatic rings. The number of nitrogens with zero attached hydrogens (tertiary/aromatic N) is 5. The normalized spacial score (nSPS) is 14.4. The van der Waals surface area contributed by atoms with E-state index in [9.17, 15) is 44.1 Å². The average Bonchev–Trinajstić information content (AvgIpc) is 3.97. The molecule has 0 aliphatic carbocycles. The molecule has 444 valence electrons. The topological polar surface area (TPSA) is 250 Å². The lowest BCUT2D eigenvalue weighted by atomic mass is 9.90. The summed E-state index contributed by atoms with van der Waals surface area (Å²) in [6.07, 6.45) is 21.2. The third kappa shape index (κ3) is 24.9. The fraction of sp³-hybridized carbons (Fsp3) is 0.673. The molecule has 0 bridgehead atoms. The zero-order valence-corrected chi connectivity index (χ0v) is 48.6. The van der Waals surface area contributed by atoms with Crippen LogP contribution >= 0.6 is 7.82 Å². The van der Waals surface area contributed by atoms with Crippen LogP contribution in [0.5, 0.6) is 0 Å². The summed E-state index contributed by atoms with van der Waals surface area (Å²) in [4.78, 5) is 73.9. The molecule has 2 aliphatic heterocycles. The number of hydrogen-bond acceptors (Lipinski definition) is 15. The predicted molar refractivity (Wildman–Crippen MR) is 303 cm³/mol. The second-order valence-electron chi connectivity index (χ2n) is 20.1. The summed E-state index contributed by atoms with van der Waals surface area (Å²) in [6.45, 7) is 10.1. The number of benzene rings is 1. The highest BCUT2D eigenvalue weighted by Gasteiger charge is 2.52. The number of carbonyl (C=O) groups excluding carboxylic acids is 3. The Labute approximate surface area is 467 Å². The van der Waals surface area contributed by atoms with E-state index in [1.54, 1.807) is 38.1 Å². The van der Waals surface area contributed by atoms with Crippen molar-refractivity contribution in [1.29, 1.82) is 0 Å². The molecule has 0 saturated heterocycles. The molecule has 0 saturated carbocycles. The third-order valence-electron chi connectivity index (χ3n) is 13.9. The Bertz CT molecular complexity index is 2400. The molecule has 2 atom stereocenters. The SMILES string of the molecule is CCCCCCCCCCCCCCCC(=O)OCC(COP(=O)([O-])OCCNC(=O)CCCCCNc1ccc([N+](=O)[O-])cc1[N+](=O)[O-])OC(=O)CCCCC1=[N+]2C(=Cc3c(C)cc(C)n3[B-]2(F)F)C=C1.CCN(CC)CC.[H+]. The van der Waals surface area contributed by atoms with E-state index >= 15 is 8.63 Å². The number of carbonyl (C=O) groups is 3. The minimum absolute atomic E-state index is 0. The van der Waals surface area contributed by atoms with Gasteiger partial charge in [0, 0.05) is 68.8 Å². The van der Waals surface area contributed by atoms with Crippen LogP contribution in [0.2, 0.25) is 0 Å². The van der Waals surface area contributed by atoms with Gasteiger partial charge in [0.15, 0.2) is 11.8 Å². The van der Waals surface area contributed by atoms with E-state index < -0.39 is 73.9 Å². The maximum absolute atomic E-state index is 15.9. The van der Waals surface area contributed by atoms with E-state index in [2.05, 4.69) is 43.2 Å². The number of unbranched alkanes of at least 4 members (excludes halogenated alkanes) is 15. The summed E-state index contributed by atoms with van der Waals surface area (Å²) in [7, 11) is -5.00. The molecule has 20 nitrogen and oxygen atoms in total. The molecule has 0 fully saturated rings. The number of phosphoric acid groups is 1. The molecule has 3 heterocycles. The van der Waals surface area contributed by atoms with Crippen molar-refractivity contribution in [3.63, 3.8) is 0 Å². The smallest absolute Gasteiger partial charge is 0.756 e. The summed E-state index contributed by atoms with van der Waals surface area (Å²) in [5.41, 5.74) is 1.82. The summed E-state index contributed by atoms with van der Waals surface area (Å²) >= 11 is 0. The highest BCUT2D eigenvalue weighted by molar-refractivity contribution is 7.45. The van der Waals surface area contributed by atoms with Gasteiger partial charge in [-0.25, -0.2) is 0 Å².